The maximum atomic E-state index is 12.3. The fraction of sp³-hybridized carbons (Fsp3) is 0.267. The summed E-state index contributed by atoms with van der Waals surface area (Å²) in [5.74, 6) is -0.250. The molecule has 6 heteroatoms. The maximum Gasteiger partial charge on any atom is 0.248 e. The molecule has 1 atom stereocenters. The number of hydrogen-bond donors (Lipinski definition) is 1. The lowest BCUT2D eigenvalue weighted by Crippen LogP contribution is -2.25. The van der Waals surface area contributed by atoms with E-state index in [2.05, 4.69) is 10.4 Å². The third-order valence-corrected chi connectivity index (χ3v) is 3.84. The molecule has 0 saturated heterocycles. The highest BCUT2D eigenvalue weighted by atomic mass is 35.5. The monoisotopic (exact) mass is 302 g/mol. The van der Waals surface area contributed by atoms with Crippen molar-refractivity contribution >= 4 is 23.2 Å². The third kappa shape index (κ3) is 2.91. The van der Waals surface area contributed by atoms with E-state index in [1.165, 1.54) is 0 Å². The Kier molecular flexibility index (Phi) is 4.29. The van der Waals surface area contributed by atoms with Gasteiger partial charge in [0.25, 0.3) is 0 Å². The average molecular weight is 303 g/mol. The Bertz CT molecular complexity index is 730. The van der Waals surface area contributed by atoms with Gasteiger partial charge in [-0.05, 0) is 32.9 Å². The number of anilines is 1. The SMILES string of the molecule is Cc1nn(C(C)C(=O)Nc2ccccc2C#N)c(C)c1Cl. The van der Waals surface area contributed by atoms with E-state index >= 15 is 0 Å². The lowest BCUT2D eigenvalue weighted by Gasteiger charge is -2.15. The number of halogens is 1. The minimum atomic E-state index is -0.525. The highest BCUT2D eigenvalue weighted by Crippen LogP contribution is 2.23. The molecule has 0 aliphatic carbocycles. The third-order valence-electron chi connectivity index (χ3n) is 3.29. The number of rotatable bonds is 3. The zero-order valence-corrected chi connectivity index (χ0v) is 12.8. The van der Waals surface area contributed by atoms with Crippen LogP contribution in [-0.4, -0.2) is 15.7 Å². The number of aryl methyl sites for hydroxylation is 1. The van der Waals surface area contributed by atoms with Crippen LogP contribution in [0.25, 0.3) is 0 Å². The van der Waals surface area contributed by atoms with Crippen molar-refractivity contribution in [2.45, 2.75) is 26.8 Å². The van der Waals surface area contributed by atoms with Crippen LogP contribution in [0.1, 0.15) is 29.9 Å². The predicted octanol–water partition coefficient (Wildman–Crippen LogP) is 3.22. The summed E-state index contributed by atoms with van der Waals surface area (Å²) in [7, 11) is 0. The van der Waals surface area contributed by atoms with Gasteiger partial charge < -0.3 is 5.32 Å². The van der Waals surface area contributed by atoms with Crippen LogP contribution in [0.5, 0.6) is 0 Å². The van der Waals surface area contributed by atoms with Crippen molar-refractivity contribution < 1.29 is 4.79 Å². The lowest BCUT2D eigenvalue weighted by molar-refractivity contribution is -0.119. The first kappa shape index (κ1) is 15.1. The van der Waals surface area contributed by atoms with E-state index in [1.54, 1.807) is 42.8 Å². The van der Waals surface area contributed by atoms with E-state index in [1.807, 2.05) is 13.0 Å². The molecule has 0 aliphatic heterocycles. The van der Waals surface area contributed by atoms with Gasteiger partial charge >= 0.3 is 0 Å². The molecule has 21 heavy (non-hydrogen) atoms. The van der Waals surface area contributed by atoms with Gasteiger partial charge in [0.2, 0.25) is 5.91 Å². The first-order valence-electron chi connectivity index (χ1n) is 6.47. The molecule has 1 amide bonds. The van der Waals surface area contributed by atoms with Crippen molar-refractivity contribution in [3.05, 3.63) is 46.2 Å². The summed E-state index contributed by atoms with van der Waals surface area (Å²) in [5.41, 5.74) is 2.34. The molecule has 0 aliphatic rings. The summed E-state index contributed by atoms with van der Waals surface area (Å²) in [5, 5.41) is 16.6. The quantitative estimate of drug-likeness (QED) is 0.946. The smallest absolute Gasteiger partial charge is 0.248 e. The van der Waals surface area contributed by atoms with Gasteiger partial charge in [-0.25, -0.2) is 0 Å². The van der Waals surface area contributed by atoms with E-state index in [9.17, 15) is 4.79 Å². The number of amides is 1. The molecule has 1 unspecified atom stereocenters. The van der Waals surface area contributed by atoms with Crippen LogP contribution in [0, 0.1) is 25.2 Å². The average Bonchev–Trinajstić information content (AvgIpc) is 2.74. The van der Waals surface area contributed by atoms with Crippen molar-refractivity contribution in [2.24, 2.45) is 0 Å². The van der Waals surface area contributed by atoms with E-state index in [0.29, 0.717) is 22.0 Å². The van der Waals surface area contributed by atoms with Crippen LogP contribution in [0.3, 0.4) is 0 Å². The second kappa shape index (κ2) is 5.98. The van der Waals surface area contributed by atoms with Crippen molar-refractivity contribution in [2.75, 3.05) is 5.32 Å². The van der Waals surface area contributed by atoms with Gasteiger partial charge in [-0.3, -0.25) is 9.48 Å². The molecule has 0 fully saturated rings. The number of nitrogens with one attached hydrogen (secondary N) is 1. The number of carbonyl (C=O) groups excluding carboxylic acids is 1. The Morgan fingerprint density at radius 1 is 1.43 bits per heavy atom. The molecule has 5 nitrogen and oxygen atoms in total. The van der Waals surface area contributed by atoms with Gasteiger partial charge in [-0.1, -0.05) is 23.7 Å². The Labute approximate surface area is 128 Å². The highest BCUT2D eigenvalue weighted by molar-refractivity contribution is 6.31. The zero-order valence-electron chi connectivity index (χ0n) is 12.0. The maximum absolute atomic E-state index is 12.3. The zero-order chi connectivity index (χ0) is 15.6. The molecule has 1 aromatic heterocycles. The Balaban J connectivity index is 2.24. The summed E-state index contributed by atoms with van der Waals surface area (Å²) in [6.45, 7) is 5.34. The number of benzene rings is 1. The van der Waals surface area contributed by atoms with Gasteiger partial charge in [-0.15, -0.1) is 0 Å². The standard InChI is InChI=1S/C15H15ClN4O/c1-9-14(16)10(2)20(19-9)11(3)15(21)18-13-7-5-4-6-12(13)8-17/h4-7,11H,1-3H3,(H,18,21). The minimum Gasteiger partial charge on any atom is -0.323 e. The topological polar surface area (TPSA) is 70.7 Å². The van der Waals surface area contributed by atoms with E-state index in [0.717, 1.165) is 5.69 Å². The van der Waals surface area contributed by atoms with Crippen molar-refractivity contribution in [1.82, 2.24) is 9.78 Å². The molecule has 0 saturated carbocycles. The second-order valence-electron chi connectivity index (χ2n) is 4.75. The molecule has 1 aromatic carbocycles. The van der Waals surface area contributed by atoms with Gasteiger partial charge in [0.05, 0.1) is 27.7 Å². The fourth-order valence-electron chi connectivity index (χ4n) is 2.06. The van der Waals surface area contributed by atoms with Crippen LogP contribution in [0.15, 0.2) is 24.3 Å². The fourth-order valence-corrected chi connectivity index (χ4v) is 2.18. The Morgan fingerprint density at radius 3 is 2.67 bits per heavy atom. The van der Waals surface area contributed by atoms with Gasteiger partial charge in [0.15, 0.2) is 0 Å². The van der Waals surface area contributed by atoms with Gasteiger partial charge in [0.1, 0.15) is 12.1 Å². The molecule has 0 bridgehead atoms. The number of para-hydroxylation sites is 1. The molecule has 1 N–H and O–H groups in total. The van der Waals surface area contributed by atoms with Crippen LogP contribution < -0.4 is 5.32 Å². The molecular weight excluding hydrogens is 288 g/mol. The molecule has 1 heterocycles. The normalized spacial score (nSPS) is 11.8. The number of nitrogens with zero attached hydrogens (tertiary/aromatic N) is 3. The Hall–Kier alpha value is -2.32. The van der Waals surface area contributed by atoms with E-state index in [-0.39, 0.29) is 5.91 Å². The molecule has 0 spiro atoms. The second-order valence-corrected chi connectivity index (χ2v) is 5.13. The summed E-state index contributed by atoms with van der Waals surface area (Å²) >= 11 is 6.10. The largest absolute Gasteiger partial charge is 0.323 e. The summed E-state index contributed by atoms with van der Waals surface area (Å²) in [6.07, 6.45) is 0. The summed E-state index contributed by atoms with van der Waals surface area (Å²) in [6, 6.07) is 8.38. The van der Waals surface area contributed by atoms with Gasteiger partial charge in [-0.2, -0.15) is 10.4 Å². The summed E-state index contributed by atoms with van der Waals surface area (Å²) < 4.78 is 1.59. The predicted molar refractivity (Wildman–Crippen MR) is 81.2 cm³/mol. The van der Waals surface area contributed by atoms with E-state index < -0.39 is 6.04 Å². The first-order chi connectivity index (χ1) is 9.95. The lowest BCUT2D eigenvalue weighted by atomic mass is 10.2. The van der Waals surface area contributed by atoms with E-state index in [4.69, 9.17) is 16.9 Å². The molecular formula is C15H15ClN4O. The Morgan fingerprint density at radius 2 is 2.10 bits per heavy atom. The molecule has 2 rings (SSSR count). The molecule has 108 valence electrons. The highest BCUT2D eigenvalue weighted by Gasteiger charge is 2.21. The number of carbonyl (C=O) groups is 1. The number of hydrogen-bond acceptors (Lipinski definition) is 3. The number of aromatic nitrogens is 2. The first-order valence-corrected chi connectivity index (χ1v) is 6.84. The summed E-state index contributed by atoms with van der Waals surface area (Å²) in [4.78, 5) is 12.3. The van der Waals surface area contributed by atoms with Crippen molar-refractivity contribution in [3.8, 4) is 6.07 Å². The number of nitriles is 1. The van der Waals surface area contributed by atoms with Crippen molar-refractivity contribution in [1.29, 1.82) is 5.26 Å². The van der Waals surface area contributed by atoms with Crippen LogP contribution in [-0.2, 0) is 4.79 Å². The van der Waals surface area contributed by atoms with Crippen LogP contribution in [0.4, 0.5) is 5.69 Å². The minimum absolute atomic E-state index is 0.250. The molecule has 2 aromatic rings. The molecule has 0 radical (unpaired) electrons. The van der Waals surface area contributed by atoms with Crippen LogP contribution >= 0.6 is 11.6 Å². The van der Waals surface area contributed by atoms with Gasteiger partial charge in [0, 0.05) is 0 Å². The van der Waals surface area contributed by atoms with Crippen molar-refractivity contribution in [3.63, 3.8) is 0 Å². The van der Waals surface area contributed by atoms with Crippen LogP contribution in [0.2, 0.25) is 5.02 Å².